The van der Waals surface area contributed by atoms with Gasteiger partial charge in [-0.15, -0.1) is 0 Å². The fraction of sp³-hybridized carbons (Fsp3) is 0.571. The lowest BCUT2D eigenvalue weighted by atomic mass is 10.1. The van der Waals surface area contributed by atoms with E-state index in [2.05, 4.69) is 19.2 Å². The number of aliphatic hydroxyl groups excluding tert-OH is 1. The van der Waals surface area contributed by atoms with Gasteiger partial charge >= 0.3 is 0 Å². The van der Waals surface area contributed by atoms with Gasteiger partial charge in [0.25, 0.3) is 0 Å². The number of benzene rings is 1. The Morgan fingerprint density at radius 1 is 1.33 bits per heavy atom. The molecule has 0 saturated carbocycles. The van der Waals surface area contributed by atoms with Crippen LogP contribution in [0.5, 0.6) is 11.5 Å². The van der Waals surface area contributed by atoms with Crippen molar-refractivity contribution in [1.29, 1.82) is 0 Å². The monoisotopic (exact) mass is 251 g/mol. The number of hydrogen-bond donors (Lipinski definition) is 2. The molecule has 0 bridgehead atoms. The lowest BCUT2D eigenvalue weighted by Crippen LogP contribution is -2.50. The maximum absolute atomic E-state index is 9.14. The van der Waals surface area contributed by atoms with Crippen molar-refractivity contribution in [1.82, 2.24) is 5.32 Å². The van der Waals surface area contributed by atoms with Crippen molar-refractivity contribution < 1.29 is 14.6 Å². The Morgan fingerprint density at radius 3 is 2.72 bits per heavy atom. The van der Waals surface area contributed by atoms with Crippen molar-refractivity contribution in [2.45, 2.75) is 38.5 Å². The Balaban J connectivity index is 2.05. The highest BCUT2D eigenvalue weighted by atomic mass is 16.6. The second-order valence-corrected chi connectivity index (χ2v) is 4.85. The molecule has 0 saturated heterocycles. The first-order chi connectivity index (χ1) is 8.70. The predicted molar refractivity (Wildman–Crippen MR) is 70.1 cm³/mol. The van der Waals surface area contributed by atoms with E-state index in [0.717, 1.165) is 11.5 Å². The fourth-order valence-corrected chi connectivity index (χ4v) is 2.18. The van der Waals surface area contributed by atoms with Gasteiger partial charge in [0, 0.05) is 18.7 Å². The molecule has 0 radical (unpaired) electrons. The quantitative estimate of drug-likeness (QED) is 0.834. The lowest BCUT2D eigenvalue weighted by molar-refractivity contribution is 0.0514. The zero-order valence-corrected chi connectivity index (χ0v) is 10.9. The van der Waals surface area contributed by atoms with E-state index in [4.69, 9.17) is 14.6 Å². The summed E-state index contributed by atoms with van der Waals surface area (Å²) >= 11 is 0. The Bertz CT molecular complexity index is 381. The van der Waals surface area contributed by atoms with Crippen molar-refractivity contribution in [3.63, 3.8) is 0 Å². The van der Waals surface area contributed by atoms with E-state index in [0.29, 0.717) is 19.1 Å². The molecule has 0 amide bonds. The fourth-order valence-electron chi connectivity index (χ4n) is 2.18. The van der Waals surface area contributed by atoms with E-state index in [-0.39, 0.29) is 18.8 Å². The SMILES string of the molecule is CC(C)NC(CCO)C1COc2ccccc2O1. The van der Waals surface area contributed by atoms with Crippen molar-refractivity contribution in [2.24, 2.45) is 0 Å². The van der Waals surface area contributed by atoms with E-state index in [1.807, 2.05) is 24.3 Å². The molecule has 0 aliphatic carbocycles. The molecule has 100 valence electrons. The molecule has 4 heteroatoms. The molecular formula is C14H21NO3. The van der Waals surface area contributed by atoms with Crippen LogP contribution in [0.1, 0.15) is 20.3 Å². The second kappa shape index (κ2) is 6.07. The van der Waals surface area contributed by atoms with Crippen LogP contribution in [0.2, 0.25) is 0 Å². The summed E-state index contributed by atoms with van der Waals surface area (Å²) in [5, 5.41) is 12.6. The average Bonchev–Trinajstić information content (AvgIpc) is 2.37. The smallest absolute Gasteiger partial charge is 0.161 e. The van der Waals surface area contributed by atoms with Crippen LogP contribution < -0.4 is 14.8 Å². The summed E-state index contributed by atoms with van der Waals surface area (Å²) < 4.78 is 11.6. The van der Waals surface area contributed by atoms with Crippen LogP contribution in [0.3, 0.4) is 0 Å². The van der Waals surface area contributed by atoms with Gasteiger partial charge in [-0.2, -0.15) is 0 Å². The zero-order chi connectivity index (χ0) is 13.0. The lowest BCUT2D eigenvalue weighted by Gasteiger charge is -2.33. The zero-order valence-electron chi connectivity index (χ0n) is 10.9. The third-order valence-corrected chi connectivity index (χ3v) is 2.97. The second-order valence-electron chi connectivity index (χ2n) is 4.85. The van der Waals surface area contributed by atoms with E-state index < -0.39 is 0 Å². The molecule has 18 heavy (non-hydrogen) atoms. The van der Waals surface area contributed by atoms with E-state index in [1.165, 1.54) is 0 Å². The molecule has 2 rings (SSSR count). The highest BCUT2D eigenvalue weighted by Crippen LogP contribution is 2.31. The van der Waals surface area contributed by atoms with Crippen molar-refractivity contribution in [2.75, 3.05) is 13.2 Å². The van der Waals surface area contributed by atoms with Crippen LogP contribution in [0.25, 0.3) is 0 Å². The largest absolute Gasteiger partial charge is 0.486 e. The number of aliphatic hydroxyl groups is 1. The number of para-hydroxylation sites is 2. The van der Waals surface area contributed by atoms with Gasteiger partial charge in [-0.1, -0.05) is 26.0 Å². The van der Waals surface area contributed by atoms with Crippen LogP contribution >= 0.6 is 0 Å². The van der Waals surface area contributed by atoms with Crippen molar-refractivity contribution >= 4 is 0 Å². The first kappa shape index (κ1) is 13.2. The molecule has 1 heterocycles. The minimum atomic E-state index is -0.0607. The molecule has 2 unspecified atom stereocenters. The van der Waals surface area contributed by atoms with Gasteiger partial charge in [0.15, 0.2) is 11.5 Å². The van der Waals surface area contributed by atoms with Crippen LogP contribution in [-0.2, 0) is 0 Å². The summed E-state index contributed by atoms with van der Waals surface area (Å²) in [6.07, 6.45) is 0.600. The summed E-state index contributed by atoms with van der Waals surface area (Å²) in [7, 11) is 0. The Labute approximate surface area is 108 Å². The number of nitrogens with one attached hydrogen (secondary N) is 1. The Morgan fingerprint density at radius 2 is 2.06 bits per heavy atom. The number of rotatable bonds is 5. The number of fused-ring (bicyclic) bond motifs is 1. The number of ether oxygens (including phenoxy) is 2. The summed E-state index contributed by atoms with van der Waals surface area (Å²) in [6.45, 7) is 4.83. The maximum atomic E-state index is 9.14. The van der Waals surface area contributed by atoms with Gasteiger partial charge < -0.3 is 19.9 Å². The topological polar surface area (TPSA) is 50.7 Å². The summed E-state index contributed by atoms with van der Waals surface area (Å²) in [6, 6.07) is 8.13. The Kier molecular flexibility index (Phi) is 4.44. The summed E-state index contributed by atoms with van der Waals surface area (Å²) in [5.74, 6) is 1.57. The van der Waals surface area contributed by atoms with Crippen molar-refractivity contribution in [3.05, 3.63) is 24.3 Å². The maximum Gasteiger partial charge on any atom is 0.161 e. The molecule has 2 atom stereocenters. The van der Waals surface area contributed by atoms with Crippen LogP contribution in [0.15, 0.2) is 24.3 Å². The summed E-state index contributed by atoms with van der Waals surface area (Å²) in [4.78, 5) is 0. The number of hydrogen-bond acceptors (Lipinski definition) is 4. The highest BCUT2D eigenvalue weighted by molar-refractivity contribution is 5.40. The van der Waals surface area contributed by atoms with Crippen LogP contribution in [-0.4, -0.2) is 36.5 Å². The molecule has 0 aromatic heterocycles. The molecular weight excluding hydrogens is 230 g/mol. The van der Waals surface area contributed by atoms with E-state index >= 15 is 0 Å². The third kappa shape index (κ3) is 3.15. The van der Waals surface area contributed by atoms with Gasteiger partial charge in [-0.3, -0.25) is 0 Å². The summed E-state index contributed by atoms with van der Waals surface area (Å²) in [5.41, 5.74) is 0. The van der Waals surface area contributed by atoms with E-state index in [1.54, 1.807) is 0 Å². The normalized spacial score (nSPS) is 19.9. The van der Waals surface area contributed by atoms with Gasteiger partial charge in [-0.05, 0) is 18.6 Å². The molecule has 0 spiro atoms. The molecule has 4 nitrogen and oxygen atoms in total. The average molecular weight is 251 g/mol. The predicted octanol–water partition coefficient (Wildman–Crippen LogP) is 1.58. The Hall–Kier alpha value is -1.26. The first-order valence-electron chi connectivity index (χ1n) is 6.46. The highest BCUT2D eigenvalue weighted by Gasteiger charge is 2.28. The van der Waals surface area contributed by atoms with Gasteiger partial charge in [0.2, 0.25) is 0 Å². The molecule has 2 N–H and O–H groups in total. The van der Waals surface area contributed by atoms with Crippen LogP contribution in [0, 0.1) is 0 Å². The van der Waals surface area contributed by atoms with Gasteiger partial charge in [0.05, 0.1) is 0 Å². The molecule has 1 aliphatic rings. The minimum absolute atomic E-state index is 0.0607. The van der Waals surface area contributed by atoms with Gasteiger partial charge in [0.1, 0.15) is 12.7 Å². The van der Waals surface area contributed by atoms with Gasteiger partial charge in [-0.25, -0.2) is 0 Å². The third-order valence-electron chi connectivity index (χ3n) is 2.97. The first-order valence-corrected chi connectivity index (χ1v) is 6.46. The minimum Gasteiger partial charge on any atom is -0.486 e. The molecule has 1 aliphatic heterocycles. The standard InChI is InChI=1S/C14H21NO3/c1-10(2)15-11(7-8-16)14-9-17-12-5-3-4-6-13(12)18-14/h3-6,10-11,14-16H,7-9H2,1-2H3. The molecule has 1 aromatic rings. The van der Waals surface area contributed by atoms with E-state index in [9.17, 15) is 0 Å². The van der Waals surface area contributed by atoms with Crippen molar-refractivity contribution in [3.8, 4) is 11.5 Å². The van der Waals surface area contributed by atoms with Crippen LogP contribution in [0.4, 0.5) is 0 Å². The molecule has 1 aromatic carbocycles. The molecule has 0 fully saturated rings.